The zero-order valence-corrected chi connectivity index (χ0v) is 16.1. The topological polar surface area (TPSA) is 23.8 Å². The molecule has 0 aromatic heterocycles. The Bertz CT molecular complexity index is 358. The van der Waals surface area contributed by atoms with Gasteiger partial charge in [0.15, 0.2) is 0 Å². The molecule has 22 heavy (non-hydrogen) atoms. The van der Waals surface area contributed by atoms with Crippen LogP contribution in [0.15, 0.2) is 11.6 Å². The Labute approximate surface area is 140 Å². The van der Waals surface area contributed by atoms with Crippen molar-refractivity contribution in [1.82, 2.24) is 0 Å². The van der Waals surface area contributed by atoms with Crippen LogP contribution in [0.4, 0.5) is 0 Å². The summed E-state index contributed by atoms with van der Waals surface area (Å²) in [5, 5.41) is 9.53. The largest absolute Gasteiger partial charge is 0.198 e. The van der Waals surface area contributed by atoms with E-state index >= 15 is 0 Å². The number of unbranched alkanes of at least 4 members (excludes halogenated alkanes) is 3. The van der Waals surface area contributed by atoms with Crippen LogP contribution >= 0.6 is 7.92 Å². The summed E-state index contributed by atoms with van der Waals surface area (Å²) in [7, 11) is 0.118. The molecule has 0 radical (unpaired) electrons. The number of allylic oxidation sites excluding steroid dienone is 2. The van der Waals surface area contributed by atoms with Crippen LogP contribution in [0.2, 0.25) is 0 Å². The molecule has 0 aliphatic carbocycles. The molecule has 0 aromatic rings. The lowest BCUT2D eigenvalue weighted by Crippen LogP contribution is -2.35. The molecule has 0 saturated carbocycles. The molecule has 0 spiro atoms. The monoisotopic (exact) mass is 321 g/mol. The molecule has 2 heteroatoms. The van der Waals surface area contributed by atoms with Gasteiger partial charge in [-0.2, -0.15) is 5.26 Å². The van der Waals surface area contributed by atoms with E-state index in [1.54, 1.807) is 5.57 Å². The van der Waals surface area contributed by atoms with Gasteiger partial charge >= 0.3 is 0 Å². The first-order valence-corrected chi connectivity index (χ1v) is 11.3. The third-order valence-corrected chi connectivity index (χ3v) is 8.84. The Morgan fingerprint density at radius 2 is 1.73 bits per heavy atom. The van der Waals surface area contributed by atoms with Crippen molar-refractivity contribution in [1.29, 1.82) is 5.26 Å². The Balaban J connectivity index is 3.07. The van der Waals surface area contributed by atoms with Gasteiger partial charge in [-0.15, -0.1) is 0 Å². The molecule has 0 bridgehead atoms. The van der Waals surface area contributed by atoms with Gasteiger partial charge in [0.05, 0.1) is 12.5 Å². The summed E-state index contributed by atoms with van der Waals surface area (Å²) in [4.78, 5) is 0. The van der Waals surface area contributed by atoms with Crippen LogP contribution in [0, 0.1) is 11.3 Å². The van der Waals surface area contributed by atoms with E-state index in [-0.39, 0.29) is 7.92 Å². The van der Waals surface area contributed by atoms with Crippen molar-refractivity contribution in [2.75, 3.05) is 12.3 Å². The van der Waals surface area contributed by atoms with Gasteiger partial charge in [-0.25, -0.2) is 0 Å². The maximum atomic E-state index is 9.04. The number of nitrogens with zero attached hydrogens (tertiary/aromatic N) is 1. The second-order valence-electron chi connectivity index (χ2n) is 6.77. The molecule has 1 atom stereocenters. The van der Waals surface area contributed by atoms with Gasteiger partial charge in [0.25, 0.3) is 0 Å². The third kappa shape index (κ3) is 5.38. The van der Waals surface area contributed by atoms with Crippen LogP contribution in [0.3, 0.4) is 0 Å². The van der Waals surface area contributed by atoms with Crippen molar-refractivity contribution < 1.29 is 0 Å². The minimum absolute atomic E-state index is 0.118. The Morgan fingerprint density at radius 1 is 1.09 bits per heavy atom. The summed E-state index contributed by atoms with van der Waals surface area (Å²) < 4.78 is 0. The highest BCUT2D eigenvalue weighted by atomic mass is 31.1. The van der Waals surface area contributed by atoms with Crippen LogP contribution in [0.5, 0.6) is 0 Å². The van der Waals surface area contributed by atoms with Gasteiger partial charge in [0.2, 0.25) is 0 Å². The van der Waals surface area contributed by atoms with E-state index in [0.29, 0.717) is 11.6 Å². The average Bonchev–Trinajstić information content (AvgIpc) is 2.55. The normalized spacial score (nSPS) is 22.6. The smallest absolute Gasteiger partial charge is 0.0663 e. The minimum atomic E-state index is 0.118. The van der Waals surface area contributed by atoms with E-state index in [0.717, 1.165) is 0 Å². The second-order valence-corrected chi connectivity index (χ2v) is 9.60. The maximum absolute atomic E-state index is 9.04. The predicted molar refractivity (Wildman–Crippen MR) is 101 cm³/mol. The van der Waals surface area contributed by atoms with E-state index in [1.165, 1.54) is 76.5 Å². The van der Waals surface area contributed by atoms with Crippen LogP contribution < -0.4 is 0 Å². The summed E-state index contributed by atoms with van der Waals surface area (Å²) in [5.41, 5.74) is 1.68. The molecule has 1 aliphatic rings. The van der Waals surface area contributed by atoms with Gasteiger partial charge in [0, 0.05) is 5.16 Å². The van der Waals surface area contributed by atoms with Gasteiger partial charge in [-0.1, -0.05) is 72.4 Å². The van der Waals surface area contributed by atoms with Crippen molar-refractivity contribution in [2.45, 2.75) is 96.6 Å². The summed E-state index contributed by atoms with van der Waals surface area (Å²) in [5.74, 6) is 0. The van der Waals surface area contributed by atoms with Gasteiger partial charge in [-0.3, -0.25) is 0 Å². The highest BCUT2D eigenvalue weighted by molar-refractivity contribution is 7.59. The molecule has 1 fully saturated rings. The quantitative estimate of drug-likeness (QED) is 0.313. The van der Waals surface area contributed by atoms with E-state index in [1.807, 2.05) is 0 Å². The van der Waals surface area contributed by atoms with Crippen molar-refractivity contribution >= 4 is 7.92 Å². The zero-order valence-electron chi connectivity index (χ0n) is 15.2. The van der Waals surface area contributed by atoms with E-state index in [2.05, 4.69) is 32.9 Å². The van der Waals surface area contributed by atoms with Crippen LogP contribution in [0.25, 0.3) is 0 Å². The van der Waals surface area contributed by atoms with E-state index in [4.69, 9.17) is 5.26 Å². The summed E-state index contributed by atoms with van der Waals surface area (Å²) in [6.07, 6.45) is 19.3. The van der Waals surface area contributed by atoms with Crippen LogP contribution in [0.1, 0.15) is 91.4 Å². The minimum Gasteiger partial charge on any atom is -0.198 e. The summed E-state index contributed by atoms with van der Waals surface area (Å²) in [6.45, 7) is 6.97. The van der Waals surface area contributed by atoms with Crippen LogP contribution in [-0.4, -0.2) is 17.5 Å². The van der Waals surface area contributed by atoms with Gasteiger partial charge < -0.3 is 0 Å². The third-order valence-electron chi connectivity index (χ3n) is 5.19. The Kier molecular flexibility index (Phi) is 10.1. The molecule has 0 N–H and O–H groups in total. The van der Waals surface area contributed by atoms with Crippen molar-refractivity contribution in [3.63, 3.8) is 0 Å². The molecular weight excluding hydrogens is 285 g/mol. The molecule has 126 valence electrons. The Hall–Kier alpha value is -0.340. The molecule has 0 amide bonds. The average molecular weight is 321 g/mol. The Morgan fingerprint density at radius 3 is 2.27 bits per heavy atom. The maximum Gasteiger partial charge on any atom is 0.0663 e. The number of hydrogen-bond donors (Lipinski definition) is 0. The second kappa shape index (κ2) is 11.2. The number of nitriles is 1. The highest BCUT2D eigenvalue weighted by Gasteiger charge is 2.41. The summed E-state index contributed by atoms with van der Waals surface area (Å²) in [6, 6.07) is 2.35. The van der Waals surface area contributed by atoms with Crippen molar-refractivity contribution in [2.24, 2.45) is 0 Å². The fourth-order valence-electron chi connectivity index (χ4n) is 3.95. The first-order valence-electron chi connectivity index (χ1n) is 9.56. The van der Waals surface area contributed by atoms with Crippen molar-refractivity contribution in [3.8, 4) is 6.07 Å². The molecule has 1 aliphatic heterocycles. The SMILES string of the molecule is CCCCP1CCCC(=CCC#N)C1(CCCC)CCCC. The molecule has 1 saturated heterocycles. The molecular formula is C20H36NP. The molecule has 1 nitrogen and oxygen atoms in total. The molecule has 1 rings (SSSR count). The molecule has 1 unspecified atom stereocenters. The highest BCUT2D eigenvalue weighted by Crippen LogP contribution is 2.63. The molecule has 0 aromatic carbocycles. The van der Waals surface area contributed by atoms with Crippen LogP contribution in [-0.2, 0) is 0 Å². The fourth-order valence-corrected chi connectivity index (χ4v) is 7.82. The lowest BCUT2D eigenvalue weighted by molar-refractivity contribution is 0.480. The zero-order chi connectivity index (χ0) is 16.3. The first kappa shape index (κ1) is 19.7. The van der Waals surface area contributed by atoms with E-state index < -0.39 is 0 Å². The fraction of sp³-hybridized carbons (Fsp3) is 0.850. The molecule has 1 heterocycles. The van der Waals surface area contributed by atoms with Crippen molar-refractivity contribution in [3.05, 3.63) is 11.6 Å². The first-order chi connectivity index (χ1) is 10.7. The van der Waals surface area contributed by atoms with Gasteiger partial charge in [-0.05, 0) is 44.4 Å². The standard InChI is InChI=1S/C20H36NP/c1-4-7-14-20(15-8-5-2)19(12-10-16-21)13-11-18-22(20)17-9-6-3/h12H,4-11,13-15,17-18H2,1-3H3. The lowest BCUT2D eigenvalue weighted by Gasteiger charge is -2.48. The number of hydrogen-bond acceptors (Lipinski definition) is 1. The lowest BCUT2D eigenvalue weighted by atomic mass is 9.84. The van der Waals surface area contributed by atoms with E-state index in [9.17, 15) is 0 Å². The number of rotatable bonds is 10. The van der Waals surface area contributed by atoms with Gasteiger partial charge in [0.1, 0.15) is 0 Å². The predicted octanol–water partition coefficient (Wildman–Crippen LogP) is 7.02. The summed E-state index contributed by atoms with van der Waals surface area (Å²) >= 11 is 0.